The highest BCUT2D eigenvalue weighted by Crippen LogP contribution is 2.35. The predicted molar refractivity (Wildman–Crippen MR) is 130 cm³/mol. The van der Waals surface area contributed by atoms with Crippen LogP contribution in [0.5, 0.6) is 23.0 Å². The highest BCUT2D eigenvalue weighted by Gasteiger charge is 2.23. The molecule has 0 saturated carbocycles. The number of carbonyl (C=O) groups is 1. The highest BCUT2D eigenvalue weighted by atomic mass is 32.2. The number of amides is 1. The van der Waals surface area contributed by atoms with Crippen LogP contribution in [-0.4, -0.2) is 28.5 Å². The van der Waals surface area contributed by atoms with Crippen LogP contribution in [0.4, 0.5) is 5.69 Å². The van der Waals surface area contributed by atoms with Crippen molar-refractivity contribution >= 4 is 21.4 Å². The van der Waals surface area contributed by atoms with Crippen molar-refractivity contribution in [1.82, 2.24) is 0 Å². The first kappa shape index (κ1) is 23.9. The molecule has 0 spiro atoms. The smallest absolute Gasteiger partial charge is 0.291 e. The summed E-state index contributed by atoms with van der Waals surface area (Å²) in [6.45, 7) is 0. The first-order valence-electron chi connectivity index (χ1n) is 10.5. The fourth-order valence-electron chi connectivity index (χ4n) is 3.36. The molecule has 0 fully saturated rings. The Bertz CT molecular complexity index is 1410. The fourth-order valence-corrected chi connectivity index (χ4v) is 4.73. The minimum atomic E-state index is -3.65. The Morgan fingerprint density at radius 1 is 0.857 bits per heavy atom. The van der Waals surface area contributed by atoms with Crippen molar-refractivity contribution < 1.29 is 31.8 Å². The molecule has 4 rings (SSSR count). The van der Waals surface area contributed by atoms with E-state index in [0.717, 1.165) is 0 Å². The van der Waals surface area contributed by atoms with Gasteiger partial charge in [-0.3, -0.25) is 4.79 Å². The van der Waals surface area contributed by atoms with Crippen molar-refractivity contribution in [2.24, 2.45) is 0 Å². The summed E-state index contributed by atoms with van der Waals surface area (Å²) in [6.07, 6.45) is 1.29. The Kier molecular flexibility index (Phi) is 7.07. The van der Waals surface area contributed by atoms with Crippen LogP contribution >= 0.6 is 0 Å². The Labute approximate surface area is 203 Å². The minimum absolute atomic E-state index is 0.0852. The largest absolute Gasteiger partial charge is 0.497 e. The van der Waals surface area contributed by atoms with Crippen LogP contribution in [0, 0.1) is 0 Å². The molecule has 1 heterocycles. The molecule has 0 aliphatic rings. The van der Waals surface area contributed by atoms with Crippen molar-refractivity contribution in [3.8, 4) is 23.0 Å². The van der Waals surface area contributed by atoms with E-state index in [1.54, 1.807) is 67.8 Å². The van der Waals surface area contributed by atoms with Crippen molar-refractivity contribution in [3.05, 3.63) is 96.4 Å². The average molecular weight is 494 g/mol. The number of furan rings is 1. The Morgan fingerprint density at radius 3 is 2.26 bits per heavy atom. The standard InChI is InChI=1S/C26H23NO7S/c1-31-20-9-11-21(12-10-20)34-24-16-19(8-13-23(24)32-2)27-26(28)25-18(14-15-33-25)17-35(29,30)22-6-4-3-5-7-22/h3-16H,17H2,1-2H3,(H,27,28). The minimum Gasteiger partial charge on any atom is -0.497 e. The van der Waals surface area contributed by atoms with E-state index in [-0.39, 0.29) is 22.0 Å². The van der Waals surface area contributed by atoms with Crippen LogP contribution in [0.15, 0.2) is 94.4 Å². The van der Waals surface area contributed by atoms with Crippen LogP contribution in [0.2, 0.25) is 0 Å². The Balaban J connectivity index is 1.53. The number of rotatable bonds is 9. The summed E-state index contributed by atoms with van der Waals surface area (Å²) in [5, 5.41) is 2.72. The van der Waals surface area contributed by atoms with Crippen molar-refractivity contribution in [2.75, 3.05) is 19.5 Å². The number of benzene rings is 3. The first-order valence-corrected chi connectivity index (χ1v) is 12.2. The van der Waals surface area contributed by atoms with Crippen LogP contribution in [0.25, 0.3) is 0 Å². The summed E-state index contributed by atoms with van der Waals surface area (Å²) in [5.74, 6) is 1.03. The molecule has 3 aromatic carbocycles. The molecule has 0 unspecified atom stereocenters. The van der Waals surface area contributed by atoms with Gasteiger partial charge in [0.15, 0.2) is 27.1 Å². The number of carbonyl (C=O) groups excluding carboxylic acids is 1. The van der Waals surface area contributed by atoms with Gasteiger partial charge in [-0.1, -0.05) is 18.2 Å². The molecular weight excluding hydrogens is 470 g/mol. The summed E-state index contributed by atoms with van der Waals surface area (Å²) in [6, 6.07) is 21.4. The van der Waals surface area contributed by atoms with E-state index in [4.69, 9.17) is 18.6 Å². The summed E-state index contributed by atoms with van der Waals surface area (Å²) >= 11 is 0. The Morgan fingerprint density at radius 2 is 1.57 bits per heavy atom. The van der Waals surface area contributed by atoms with Crippen LogP contribution in [0.3, 0.4) is 0 Å². The van der Waals surface area contributed by atoms with Gasteiger partial charge in [-0.25, -0.2) is 8.42 Å². The van der Waals surface area contributed by atoms with E-state index < -0.39 is 15.7 Å². The van der Waals surface area contributed by atoms with Crippen LogP contribution < -0.4 is 19.5 Å². The molecule has 180 valence electrons. The summed E-state index contributed by atoms with van der Waals surface area (Å²) in [4.78, 5) is 13.1. The van der Waals surface area contributed by atoms with E-state index in [0.29, 0.717) is 28.7 Å². The molecule has 4 aromatic rings. The Hall–Kier alpha value is -4.24. The zero-order valence-electron chi connectivity index (χ0n) is 19.1. The molecular formula is C26H23NO7S. The number of methoxy groups -OCH3 is 2. The van der Waals surface area contributed by atoms with Gasteiger partial charge in [-0.05, 0) is 54.6 Å². The number of anilines is 1. The first-order chi connectivity index (χ1) is 16.9. The number of ether oxygens (including phenoxy) is 3. The van der Waals surface area contributed by atoms with E-state index in [1.165, 1.54) is 31.6 Å². The molecule has 0 bridgehead atoms. The van der Waals surface area contributed by atoms with Crippen LogP contribution in [-0.2, 0) is 15.6 Å². The highest BCUT2D eigenvalue weighted by molar-refractivity contribution is 7.90. The number of nitrogens with one attached hydrogen (secondary N) is 1. The topological polar surface area (TPSA) is 104 Å². The van der Waals surface area contributed by atoms with E-state index >= 15 is 0 Å². The van der Waals surface area contributed by atoms with Gasteiger partial charge in [0.05, 0.1) is 31.1 Å². The second-order valence-corrected chi connectivity index (χ2v) is 9.43. The van der Waals surface area contributed by atoms with Gasteiger partial charge in [0.1, 0.15) is 11.5 Å². The van der Waals surface area contributed by atoms with Gasteiger partial charge in [-0.2, -0.15) is 0 Å². The molecule has 0 radical (unpaired) electrons. The third kappa shape index (κ3) is 5.64. The van der Waals surface area contributed by atoms with Gasteiger partial charge in [0.2, 0.25) is 0 Å². The SMILES string of the molecule is COc1ccc(Oc2cc(NC(=O)c3occc3CS(=O)(=O)c3ccccc3)ccc2OC)cc1. The normalized spacial score (nSPS) is 11.0. The van der Waals surface area contributed by atoms with E-state index in [9.17, 15) is 13.2 Å². The van der Waals surface area contributed by atoms with E-state index in [1.807, 2.05) is 0 Å². The lowest BCUT2D eigenvalue weighted by atomic mass is 10.2. The molecule has 0 aliphatic carbocycles. The predicted octanol–water partition coefficient (Wildman–Crippen LogP) is 5.32. The van der Waals surface area contributed by atoms with Gasteiger partial charge in [-0.15, -0.1) is 0 Å². The number of hydrogen-bond donors (Lipinski definition) is 1. The van der Waals surface area contributed by atoms with Gasteiger partial charge < -0.3 is 23.9 Å². The van der Waals surface area contributed by atoms with Crippen LogP contribution in [0.1, 0.15) is 16.1 Å². The second kappa shape index (κ2) is 10.4. The third-order valence-electron chi connectivity index (χ3n) is 5.11. The molecule has 8 nitrogen and oxygen atoms in total. The van der Waals surface area contributed by atoms with Crippen molar-refractivity contribution in [3.63, 3.8) is 0 Å². The lowest BCUT2D eigenvalue weighted by Gasteiger charge is -2.13. The molecule has 1 N–H and O–H groups in total. The lowest BCUT2D eigenvalue weighted by molar-refractivity contribution is 0.0995. The zero-order chi connectivity index (χ0) is 24.8. The van der Waals surface area contributed by atoms with Crippen molar-refractivity contribution in [2.45, 2.75) is 10.6 Å². The molecule has 1 amide bonds. The maximum absolute atomic E-state index is 12.9. The fraction of sp³-hybridized carbons (Fsp3) is 0.115. The monoisotopic (exact) mass is 493 g/mol. The third-order valence-corrected chi connectivity index (χ3v) is 6.79. The van der Waals surface area contributed by atoms with E-state index in [2.05, 4.69) is 5.32 Å². The molecule has 0 atom stereocenters. The maximum Gasteiger partial charge on any atom is 0.291 e. The van der Waals surface area contributed by atoms with Gasteiger partial charge in [0, 0.05) is 17.3 Å². The van der Waals surface area contributed by atoms with Gasteiger partial charge >= 0.3 is 0 Å². The second-order valence-electron chi connectivity index (χ2n) is 7.44. The molecule has 0 saturated heterocycles. The van der Waals surface area contributed by atoms with Gasteiger partial charge in [0.25, 0.3) is 5.91 Å². The lowest BCUT2D eigenvalue weighted by Crippen LogP contribution is -2.15. The maximum atomic E-state index is 12.9. The summed E-state index contributed by atoms with van der Waals surface area (Å²) in [7, 11) is -0.566. The number of hydrogen-bond acceptors (Lipinski definition) is 7. The zero-order valence-corrected chi connectivity index (χ0v) is 19.9. The average Bonchev–Trinajstić information content (AvgIpc) is 3.33. The quantitative estimate of drug-likeness (QED) is 0.337. The number of sulfone groups is 1. The molecule has 1 aromatic heterocycles. The summed E-state index contributed by atoms with van der Waals surface area (Å²) in [5.41, 5.74) is 0.669. The molecule has 35 heavy (non-hydrogen) atoms. The summed E-state index contributed by atoms with van der Waals surface area (Å²) < 4.78 is 47.3. The van der Waals surface area contributed by atoms with Crippen molar-refractivity contribution in [1.29, 1.82) is 0 Å². The molecule has 0 aliphatic heterocycles. The molecule has 9 heteroatoms.